The molecular weight excluding hydrogens is 410 g/mol. The first-order valence-corrected chi connectivity index (χ1v) is 11.5. The van der Waals surface area contributed by atoms with E-state index in [0.717, 1.165) is 32.6 Å². The summed E-state index contributed by atoms with van der Waals surface area (Å²) in [6.07, 6.45) is 0.173. The number of benzene rings is 1. The molecule has 0 atom stereocenters. The van der Waals surface area contributed by atoms with Crippen LogP contribution >= 0.6 is 11.3 Å². The second kappa shape index (κ2) is 8.89. The number of carbonyl (C=O) groups is 1. The van der Waals surface area contributed by atoms with Crippen LogP contribution in [0.2, 0.25) is 0 Å². The predicted molar refractivity (Wildman–Crippen MR) is 111 cm³/mol. The highest BCUT2D eigenvalue weighted by molar-refractivity contribution is 7.91. The van der Waals surface area contributed by atoms with Gasteiger partial charge in [0.05, 0.1) is 12.2 Å². The van der Waals surface area contributed by atoms with Gasteiger partial charge >= 0.3 is 0 Å². The Bertz CT molecular complexity index is 1070. The highest BCUT2D eigenvalue weighted by atomic mass is 32.2. The molecule has 154 valence electrons. The number of aliphatic hydroxyl groups excluding tert-OH is 1. The number of amides is 1. The first-order valence-electron chi connectivity index (χ1n) is 9.14. The second-order valence-electron chi connectivity index (χ2n) is 6.67. The van der Waals surface area contributed by atoms with Crippen molar-refractivity contribution >= 4 is 27.3 Å². The average molecular weight is 434 g/mol. The fourth-order valence-corrected chi connectivity index (χ4v) is 5.50. The summed E-state index contributed by atoms with van der Waals surface area (Å²) in [4.78, 5) is 13.0. The zero-order chi connectivity index (χ0) is 21.0. The van der Waals surface area contributed by atoms with Crippen molar-refractivity contribution < 1.29 is 18.3 Å². The van der Waals surface area contributed by atoms with Crippen LogP contribution in [-0.2, 0) is 16.6 Å². The molecule has 1 aromatic carbocycles. The fraction of sp³-hybridized carbons (Fsp3) is 0.300. The smallest absolute Gasteiger partial charge is 0.276 e. The van der Waals surface area contributed by atoms with Crippen molar-refractivity contribution in [2.45, 2.75) is 31.0 Å². The van der Waals surface area contributed by atoms with Gasteiger partial charge in [-0.2, -0.15) is 5.10 Å². The molecule has 2 heterocycles. The summed E-state index contributed by atoms with van der Waals surface area (Å²) in [5.74, 6) is -0.607. The number of aromatic nitrogens is 2. The molecule has 2 aromatic heterocycles. The zero-order valence-corrected chi connectivity index (χ0v) is 17.9. The maximum atomic E-state index is 13.0. The van der Waals surface area contributed by atoms with Crippen LogP contribution in [0.4, 0.5) is 0 Å². The number of hydrogen-bond donors (Lipinski definition) is 1. The predicted octanol–water partition coefficient (Wildman–Crippen LogP) is 2.82. The van der Waals surface area contributed by atoms with Crippen molar-refractivity contribution in [3.8, 4) is 0 Å². The molecule has 0 aliphatic heterocycles. The molecule has 0 saturated carbocycles. The molecule has 0 spiro atoms. The van der Waals surface area contributed by atoms with E-state index < -0.39 is 15.9 Å². The number of hydrogen-bond acceptors (Lipinski definition) is 6. The molecule has 0 fully saturated rings. The van der Waals surface area contributed by atoms with Crippen molar-refractivity contribution in [2.75, 3.05) is 13.2 Å². The first-order chi connectivity index (χ1) is 13.8. The highest BCUT2D eigenvalue weighted by Crippen LogP contribution is 2.23. The maximum Gasteiger partial charge on any atom is 0.276 e. The van der Waals surface area contributed by atoms with Gasteiger partial charge in [-0.1, -0.05) is 18.2 Å². The summed E-state index contributed by atoms with van der Waals surface area (Å²) in [7, 11) is -3.96. The molecule has 0 radical (unpaired) electrons. The van der Waals surface area contributed by atoms with E-state index in [1.54, 1.807) is 35.7 Å². The standard InChI is InChI=1S/C20H23N3O4S2/c1-15-13-16(2)22(21-15)14-17-6-8-18(9-7-17)20(25)23(10-4-11-24)29(26,27)19-5-3-12-28-19/h3,5-9,12-13,24H,4,10-11,14H2,1-2H3. The van der Waals surface area contributed by atoms with Gasteiger partial charge < -0.3 is 5.11 Å². The van der Waals surface area contributed by atoms with Crippen LogP contribution in [-0.4, -0.2) is 46.7 Å². The normalized spacial score (nSPS) is 11.6. The summed E-state index contributed by atoms with van der Waals surface area (Å²) in [6, 6.07) is 11.9. The van der Waals surface area contributed by atoms with Crippen LogP contribution < -0.4 is 0 Å². The molecule has 0 unspecified atom stereocenters. The Labute approximate surface area is 174 Å². The van der Waals surface area contributed by atoms with E-state index in [-0.39, 0.29) is 29.3 Å². The van der Waals surface area contributed by atoms with E-state index in [1.807, 2.05) is 24.6 Å². The van der Waals surface area contributed by atoms with Gasteiger partial charge in [0.1, 0.15) is 4.21 Å². The molecule has 1 N–H and O–H groups in total. The summed E-state index contributed by atoms with van der Waals surface area (Å²) in [5.41, 5.74) is 3.21. The van der Waals surface area contributed by atoms with Gasteiger partial charge in [-0.3, -0.25) is 9.48 Å². The lowest BCUT2D eigenvalue weighted by atomic mass is 10.1. The third-order valence-electron chi connectivity index (χ3n) is 4.42. The number of rotatable bonds is 8. The fourth-order valence-electron chi connectivity index (χ4n) is 2.97. The molecule has 0 bridgehead atoms. The zero-order valence-electron chi connectivity index (χ0n) is 16.3. The summed E-state index contributed by atoms with van der Waals surface area (Å²) < 4.78 is 28.6. The molecule has 0 saturated heterocycles. The molecule has 0 aliphatic carbocycles. The Morgan fingerprint density at radius 1 is 1.21 bits per heavy atom. The van der Waals surface area contributed by atoms with Gasteiger partial charge in [0, 0.05) is 24.4 Å². The number of nitrogens with zero attached hydrogens (tertiary/aromatic N) is 3. The Kier molecular flexibility index (Phi) is 6.51. The van der Waals surface area contributed by atoms with Gasteiger partial charge in [-0.25, -0.2) is 12.7 Å². The highest BCUT2D eigenvalue weighted by Gasteiger charge is 2.30. The maximum absolute atomic E-state index is 13.0. The van der Waals surface area contributed by atoms with Crippen molar-refractivity contribution in [2.24, 2.45) is 0 Å². The van der Waals surface area contributed by atoms with E-state index in [2.05, 4.69) is 5.10 Å². The lowest BCUT2D eigenvalue weighted by Crippen LogP contribution is -2.37. The first kappa shape index (κ1) is 21.2. The van der Waals surface area contributed by atoms with Crippen LogP contribution in [0.15, 0.2) is 52.1 Å². The van der Waals surface area contributed by atoms with E-state index in [1.165, 1.54) is 6.07 Å². The second-order valence-corrected chi connectivity index (χ2v) is 9.71. The SMILES string of the molecule is Cc1cc(C)n(Cc2ccc(C(=O)N(CCCO)S(=O)(=O)c3cccs3)cc2)n1. The van der Waals surface area contributed by atoms with Gasteiger partial charge in [-0.05, 0) is 55.5 Å². The van der Waals surface area contributed by atoms with Crippen molar-refractivity contribution in [1.82, 2.24) is 14.1 Å². The Hall–Kier alpha value is -2.49. The lowest BCUT2D eigenvalue weighted by molar-refractivity contribution is 0.0855. The Morgan fingerprint density at radius 3 is 2.48 bits per heavy atom. The third kappa shape index (κ3) is 4.75. The van der Waals surface area contributed by atoms with Crippen LogP contribution in [0.5, 0.6) is 0 Å². The molecule has 3 aromatic rings. The van der Waals surface area contributed by atoms with E-state index >= 15 is 0 Å². The van der Waals surface area contributed by atoms with Gasteiger partial charge in [0.2, 0.25) is 0 Å². The van der Waals surface area contributed by atoms with Crippen LogP contribution in [0.3, 0.4) is 0 Å². The molecule has 3 rings (SSSR count). The van der Waals surface area contributed by atoms with Gasteiger partial charge in [-0.15, -0.1) is 11.3 Å². The molecule has 0 aliphatic rings. The number of thiophene rings is 1. The molecule has 7 nitrogen and oxygen atoms in total. The Morgan fingerprint density at radius 2 is 1.93 bits per heavy atom. The molecular formula is C20H23N3O4S2. The van der Waals surface area contributed by atoms with E-state index in [4.69, 9.17) is 5.11 Å². The van der Waals surface area contributed by atoms with Crippen LogP contribution in [0, 0.1) is 13.8 Å². The molecule has 1 amide bonds. The van der Waals surface area contributed by atoms with E-state index in [9.17, 15) is 13.2 Å². The summed E-state index contributed by atoms with van der Waals surface area (Å²) in [5, 5.41) is 15.2. The number of aryl methyl sites for hydroxylation is 2. The largest absolute Gasteiger partial charge is 0.396 e. The van der Waals surface area contributed by atoms with Crippen molar-refractivity contribution in [3.63, 3.8) is 0 Å². The lowest BCUT2D eigenvalue weighted by Gasteiger charge is -2.21. The monoisotopic (exact) mass is 433 g/mol. The topological polar surface area (TPSA) is 92.5 Å². The minimum absolute atomic E-state index is 0.0803. The van der Waals surface area contributed by atoms with Gasteiger partial charge in [0.15, 0.2) is 0 Å². The number of sulfonamides is 1. The summed E-state index contributed by atoms with van der Waals surface area (Å²) in [6.45, 7) is 4.19. The average Bonchev–Trinajstić information content (AvgIpc) is 3.33. The number of carbonyl (C=O) groups excluding carboxylic acids is 1. The minimum atomic E-state index is -3.96. The third-order valence-corrected chi connectivity index (χ3v) is 7.58. The quantitative estimate of drug-likeness (QED) is 0.590. The Balaban J connectivity index is 1.83. The van der Waals surface area contributed by atoms with Gasteiger partial charge in [0.25, 0.3) is 15.9 Å². The van der Waals surface area contributed by atoms with Crippen molar-refractivity contribution in [3.05, 3.63) is 70.4 Å². The van der Waals surface area contributed by atoms with E-state index in [0.29, 0.717) is 6.54 Å². The molecule has 29 heavy (non-hydrogen) atoms. The number of aliphatic hydroxyl groups is 1. The molecule has 9 heteroatoms. The summed E-state index contributed by atoms with van der Waals surface area (Å²) >= 11 is 1.06. The minimum Gasteiger partial charge on any atom is -0.396 e. The van der Waals surface area contributed by atoms with Crippen LogP contribution in [0.1, 0.15) is 33.7 Å². The van der Waals surface area contributed by atoms with Crippen molar-refractivity contribution in [1.29, 1.82) is 0 Å². The van der Waals surface area contributed by atoms with Crippen LogP contribution in [0.25, 0.3) is 0 Å².